The molecule has 0 aromatic rings. The first kappa shape index (κ1) is 25.2. The smallest absolute Gasteiger partial charge is 0.407 e. The van der Waals surface area contributed by atoms with Crippen molar-refractivity contribution in [2.45, 2.75) is 44.9 Å². The molecule has 30 heavy (non-hydrogen) atoms. The number of aliphatic hydroxyl groups excluding tert-OH is 2. The molecule has 1 aliphatic heterocycles. The Morgan fingerprint density at radius 3 is 2.43 bits per heavy atom. The van der Waals surface area contributed by atoms with Gasteiger partial charge in [0.2, 0.25) is 0 Å². The highest BCUT2D eigenvalue weighted by Crippen LogP contribution is 2.13. The molecule has 0 radical (unpaired) electrons. The van der Waals surface area contributed by atoms with E-state index in [-0.39, 0.29) is 63.7 Å². The molecule has 1 heterocycles. The number of carbonyl (C=O) groups excluding carboxylic acids is 5. The van der Waals surface area contributed by atoms with Gasteiger partial charge >= 0.3 is 12.1 Å². The van der Waals surface area contributed by atoms with Gasteiger partial charge in [-0.2, -0.15) is 0 Å². The summed E-state index contributed by atoms with van der Waals surface area (Å²) in [5.74, 6) is -2.41. The molecule has 0 spiro atoms. The van der Waals surface area contributed by atoms with E-state index in [1.54, 1.807) is 0 Å². The summed E-state index contributed by atoms with van der Waals surface area (Å²) in [6, 6.07) is 0. The first-order valence-corrected chi connectivity index (χ1v) is 9.75. The van der Waals surface area contributed by atoms with Gasteiger partial charge in [0.1, 0.15) is 0 Å². The van der Waals surface area contributed by atoms with Crippen LogP contribution in [0.15, 0.2) is 12.2 Å². The van der Waals surface area contributed by atoms with Crippen molar-refractivity contribution in [1.82, 2.24) is 10.4 Å². The summed E-state index contributed by atoms with van der Waals surface area (Å²) in [6.07, 6.45) is 3.02. The number of aliphatic hydroxyl groups is 2. The summed E-state index contributed by atoms with van der Waals surface area (Å²) in [7, 11) is 0. The topological polar surface area (TPSA) is 160 Å². The van der Waals surface area contributed by atoms with Gasteiger partial charge in [0.15, 0.2) is 5.78 Å². The zero-order chi connectivity index (χ0) is 22.4. The maximum absolute atomic E-state index is 11.7. The number of nitrogens with one attached hydrogen (secondary N) is 1. The largest absolute Gasteiger partial charge is 0.449 e. The second-order valence-electron chi connectivity index (χ2n) is 6.64. The number of carbonyl (C=O) groups is 5. The monoisotopic (exact) mass is 428 g/mol. The van der Waals surface area contributed by atoms with Gasteiger partial charge in [-0.15, -0.1) is 5.06 Å². The summed E-state index contributed by atoms with van der Waals surface area (Å²) in [5.41, 5.74) is 0. The number of allylic oxidation sites excluding steroid dienone is 1. The van der Waals surface area contributed by atoms with Crippen LogP contribution < -0.4 is 5.32 Å². The minimum absolute atomic E-state index is 0.000619. The highest BCUT2D eigenvalue weighted by Gasteiger charge is 2.32. The maximum Gasteiger partial charge on any atom is 0.407 e. The number of hydrogen-bond acceptors (Lipinski definition) is 9. The van der Waals surface area contributed by atoms with Crippen molar-refractivity contribution in [2.75, 3.05) is 26.4 Å². The van der Waals surface area contributed by atoms with Gasteiger partial charge in [0, 0.05) is 39.0 Å². The summed E-state index contributed by atoms with van der Waals surface area (Å²) >= 11 is 0. The number of imide groups is 1. The van der Waals surface area contributed by atoms with Crippen molar-refractivity contribution in [3.05, 3.63) is 12.2 Å². The highest BCUT2D eigenvalue weighted by molar-refractivity contribution is 6.01. The fourth-order valence-corrected chi connectivity index (χ4v) is 2.57. The lowest BCUT2D eigenvalue weighted by Crippen LogP contribution is -2.31. The molecule has 0 bridgehead atoms. The predicted molar refractivity (Wildman–Crippen MR) is 101 cm³/mol. The lowest BCUT2D eigenvalue weighted by Gasteiger charge is -2.15. The Hall–Kier alpha value is -2.79. The van der Waals surface area contributed by atoms with E-state index in [0.717, 1.165) is 6.08 Å². The van der Waals surface area contributed by atoms with Crippen molar-refractivity contribution in [3.63, 3.8) is 0 Å². The quantitative estimate of drug-likeness (QED) is 0.255. The van der Waals surface area contributed by atoms with Crippen LogP contribution in [0.5, 0.6) is 0 Å². The van der Waals surface area contributed by atoms with Crippen LogP contribution in [0, 0.1) is 5.92 Å². The van der Waals surface area contributed by atoms with E-state index >= 15 is 0 Å². The van der Waals surface area contributed by atoms with Crippen molar-refractivity contribution >= 4 is 29.7 Å². The Balaban J connectivity index is 2.19. The molecule has 1 atom stereocenters. The van der Waals surface area contributed by atoms with Crippen molar-refractivity contribution in [1.29, 1.82) is 0 Å². The summed E-state index contributed by atoms with van der Waals surface area (Å²) in [5, 5.41) is 20.7. The molecule has 0 saturated carbocycles. The summed E-state index contributed by atoms with van der Waals surface area (Å²) < 4.78 is 5.04. The molecule has 11 heteroatoms. The molecular formula is C19H28N2O9. The van der Waals surface area contributed by atoms with Crippen LogP contribution in [-0.2, 0) is 28.8 Å². The van der Waals surface area contributed by atoms with Crippen molar-refractivity contribution < 1.29 is 43.8 Å². The lowest BCUT2D eigenvalue weighted by molar-refractivity contribution is -0.196. The molecule has 1 fully saturated rings. The molecule has 1 aliphatic rings. The van der Waals surface area contributed by atoms with Crippen LogP contribution in [0.1, 0.15) is 44.9 Å². The van der Waals surface area contributed by atoms with Crippen LogP contribution in [0.25, 0.3) is 0 Å². The maximum atomic E-state index is 11.7. The van der Waals surface area contributed by atoms with Crippen molar-refractivity contribution in [2.24, 2.45) is 5.92 Å². The molecule has 1 saturated heterocycles. The molecule has 168 valence electrons. The molecule has 0 aromatic heterocycles. The number of nitrogens with zero attached hydrogens (tertiary/aromatic N) is 1. The van der Waals surface area contributed by atoms with E-state index in [2.05, 4.69) is 10.2 Å². The Kier molecular flexibility index (Phi) is 12.0. The second-order valence-corrected chi connectivity index (χ2v) is 6.64. The third-order valence-electron chi connectivity index (χ3n) is 4.19. The number of rotatable bonds is 14. The fraction of sp³-hybridized carbons (Fsp3) is 0.632. The van der Waals surface area contributed by atoms with Crippen LogP contribution >= 0.6 is 0 Å². The van der Waals surface area contributed by atoms with E-state index < -0.39 is 23.9 Å². The van der Waals surface area contributed by atoms with Crippen molar-refractivity contribution in [3.8, 4) is 0 Å². The number of ether oxygens (including phenoxy) is 1. The van der Waals surface area contributed by atoms with Gasteiger partial charge in [-0.05, 0) is 31.3 Å². The summed E-state index contributed by atoms with van der Waals surface area (Å²) in [4.78, 5) is 62.2. The van der Waals surface area contributed by atoms with Crippen LogP contribution in [-0.4, -0.2) is 71.3 Å². The lowest BCUT2D eigenvalue weighted by atomic mass is 10.0. The fourth-order valence-electron chi connectivity index (χ4n) is 2.57. The Morgan fingerprint density at radius 1 is 1.10 bits per heavy atom. The molecule has 1 rings (SSSR count). The molecule has 0 aliphatic carbocycles. The van der Waals surface area contributed by atoms with Gasteiger partial charge in [-0.25, -0.2) is 9.59 Å². The average Bonchev–Trinajstić information content (AvgIpc) is 3.02. The van der Waals surface area contributed by atoms with Crippen LogP contribution in [0.2, 0.25) is 0 Å². The molecule has 3 N–H and O–H groups in total. The predicted octanol–water partition coefficient (Wildman–Crippen LogP) is -0.00360. The standard InChI is InChI=1S/C19H28N2O9/c22-11-2-3-14(9-12-23)13-29-19(28)20-10-8-15(24)4-1-5-18(27)30-21-16(25)6-7-17(21)26/h1,4,14,22-23H,2-3,5-13H2,(H,20,28)/b4-1+. The van der Waals surface area contributed by atoms with E-state index in [9.17, 15) is 24.0 Å². The molecule has 1 unspecified atom stereocenters. The highest BCUT2D eigenvalue weighted by atomic mass is 16.7. The molecule has 3 amide bonds. The third kappa shape index (κ3) is 10.1. The average molecular weight is 428 g/mol. The Bertz CT molecular complexity index is 632. The number of ketones is 1. The van der Waals surface area contributed by atoms with E-state index in [1.165, 1.54) is 6.08 Å². The minimum atomic E-state index is -0.844. The minimum Gasteiger partial charge on any atom is -0.449 e. The van der Waals surface area contributed by atoms with Gasteiger partial charge < -0.3 is 25.1 Å². The first-order valence-electron chi connectivity index (χ1n) is 9.75. The summed E-state index contributed by atoms with van der Waals surface area (Å²) in [6.45, 7) is 0.116. The van der Waals surface area contributed by atoms with Gasteiger partial charge in [-0.1, -0.05) is 6.08 Å². The first-order chi connectivity index (χ1) is 14.4. The number of alkyl carbamates (subject to hydrolysis) is 1. The Labute approximate surface area is 173 Å². The molecule has 0 aromatic carbocycles. The molecule has 11 nitrogen and oxygen atoms in total. The SMILES string of the molecule is O=C(/C=C/CC(=O)ON1C(=O)CCC1=O)CCNC(=O)OCC(CCO)CCCO. The Morgan fingerprint density at radius 2 is 1.80 bits per heavy atom. The number of hydroxylamine groups is 2. The number of amides is 3. The van der Waals surface area contributed by atoms with Gasteiger partial charge in [0.05, 0.1) is 13.0 Å². The van der Waals surface area contributed by atoms with E-state index in [0.29, 0.717) is 24.3 Å². The zero-order valence-electron chi connectivity index (χ0n) is 16.7. The van der Waals surface area contributed by atoms with Crippen LogP contribution in [0.4, 0.5) is 4.79 Å². The van der Waals surface area contributed by atoms with Gasteiger partial charge in [-0.3, -0.25) is 14.4 Å². The number of hydrogen-bond donors (Lipinski definition) is 3. The van der Waals surface area contributed by atoms with E-state index in [4.69, 9.17) is 14.9 Å². The normalized spacial score (nSPS) is 14.8. The zero-order valence-corrected chi connectivity index (χ0v) is 16.7. The molecular weight excluding hydrogens is 400 g/mol. The second kappa shape index (κ2) is 14.2. The van der Waals surface area contributed by atoms with Gasteiger partial charge in [0.25, 0.3) is 11.8 Å². The van der Waals surface area contributed by atoms with Crippen LogP contribution in [0.3, 0.4) is 0 Å². The van der Waals surface area contributed by atoms with E-state index in [1.807, 2.05) is 0 Å². The third-order valence-corrected chi connectivity index (χ3v) is 4.19.